The summed E-state index contributed by atoms with van der Waals surface area (Å²) in [5.41, 5.74) is 13.2. The average Bonchev–Trinajstić information content (AvgIpc) is 3.48. The minimum Gasteiger partial charge on any atom is -0.480 e. The number of nitrogens with one attached hydrogen (secondary N) is 3. The molecule has 4 unspecified atom stereocenters. The molecule has 36 heavy (non-hydrogen) atoms. The van der Waals surface area contributed by atoms with Crippen LogP contribution < -0.4 is 22.1 Å². The number of primary amides is 1. The number of carboxylic acids is 1. The maximum Gasteiger partial charge on any atom is 0.328 e. The number of aliphatic hydroxyl groups is 1. The van der Waals surface area contributed by atoms with E-state index in [1.807, 2.05) is 29.6 Å². The van der Waals surface area contributed by atoms with Crippen LogP contribution in [0.4, 0.5) is 0 Å². The molecule has 4 amide bonds. The quantitative estimate of drug-likeness (QED) is 0.181. The lowest BCUT2D eigenvalue weighted by molar-refractivity contribution is -0.144. The van der Waals surface area contributed by atoms with Gasteiger partial charge in [0.15, 0.2) is 0 Å². The van der Waals surface area contributed by atoms with Crippen molar-refractivity contribution >= 4 is 40.5 Å². The van der Waals surface area contributed by atoms with E-state index in [2.05, 4.69) is 10.3 Å². The van der Waals surface area contributed by atoms with E-state index in [4.69, 9.17) is 21.7 Å². The largest absolute Gasteiger partial charge is 0.480 e. The molecule has 4 atom stereocenters. The van der Waals surface area contributed by atoms with Crippen LogP contribution in [0.1, 0.15) is 24.8 Å². The molecule has 1 fully saturated rings. The zero-order valence-corrected chi connectivity index (χ0v) is 19.5. The Kier molecular flexibility index (Phi) is 8.61. The number of nitrogens with two attached hydrogens (primary N) is 2. The Morgan fingerprint density at radius 2 is 1.86 bits per heavy atom. The van der Waals surface area contributed by atoms with Crippen LogP contribution in [0.15, 0.2) is 30.5 Å². The maximum atomic E-state index is 13.1. The number of carbonyl (C=O) groups excluding carboxylic acids is 4. The average molecular weight is 503 g/mol. The molecule has 194 valence electrons. The van der Waals surface area contributed by atoms with Gasteiger partial charge in [0.05, 0.1) is 19.1 Å². The van der Waals surface area contributed by atoms with Gasteiger partial charge in [-0.3, -0.25) is 19.2 Å². The van der Waals surface area contributed by atoms with Crippen molar-refractivity contribution in [2.24, 2.45) is 11.5 Å². The first kappa shape index (κ1) is 26.6. The minimum atomic E-state index is -1.63. The van der Waals surface area contributed by atoms with Gasteiger partial charge in [-0.05, 0) is 30.9 Å². The number of carbonyl (C=O) groups is 5. The number of hydrogen-bond acceptors (Lipinski definition) is 7. The highest BCUT2D eigenvalue weighted by Gasteiger charge is 2.38. The SMILES string of the molecule is NC(=O)CC(NC(=O)C1CCCN1C(=O)C(N)Cc1c[nH]c2ccccc12)C(=O)NC(CO)C(=O)O. The number of aliphatic hydroxyl groups excluding tert-OH is 1. The Morgan fingerprint density at radius 3 is 2.53 bits per heavy atom. The minimum absolute atomic E-state index is 0.248. The molecule has 13 nitrogen and oxygen atoms in total. The van der Waals surface area contributed by atoms with Crippen molar-refractivity contribution in [3.8, 4) is 0 Å². The summed E-state index contributed by atoms with van der Waals surface area (Å²) in [4.78, 5) is 65.7. The molecule has 1 aliphatic heterocycles. The van der Waals surface area contributed by atoms with Crippen LogP contribution in [-0.2, 0) is 30.4 Å². The molecule has 1 aromatic heterocycles. The Bertz CT molecular complexity index is 1150. The van der Waals surface area contributed by atoms with E-state index in [1.54, 1.807) is 6.20 Å². The summed E-state index contributed by atoms with van der Waals surface area (Å²) in [6.07, 6.45) is 2.28. The predicted octanol–water partition coefficient (Wildman–Crippen LogP) is -2.05. The van der Waals surface area contributed by atoms with Crippen LogP contribution in [0.3, 0.4) is 0 Å². The van der Waals surface area contributed by atoms with E-state index in [0.717, 1.165) is 16.5 Å². The number of aliphatic carboxylic acids is 1. The molecule has 0 spiro atoms. The summed E-state index contributed by atoms with van der Waals surface area (Å²) in [5.74, 6) is -4.54. The molecule has 0 aliphatic carbocycles. The standard InChI is InChI=1S/C23H30N6O7/c24-14(8-12-10-26-15-5-2-1-4-13(12)15)22(34)29-7-3-6-18(29)21(33)27-16(9-19(25)31)20(32)28-17(11-30)23(35)36/h1-2,4-5,10,14,16-18,26,30H,3,6-9,11,24H2,(H2,25,31)(H,27,33)(H,28,32)(H,35,36). The van der Waals surface area contributed by atoms with Crippen LogP contribution >= 0.6 is 0 Å². The molecule has 1 saturated heterocycles. The third-order valence-electron chi connectivity index (χ3n) is 6.11. The lowest BCUT2D eigenvalue weighted by Gasteiger charge is -2.28. The summed E-state index contributed by atoms with van der Waals surface area (Å²) in [7, 11) is 0. The first-order valence-corrected chi connectivity index (χ1v) is 11.5. The van der Waals surface area contributed by atoms with E-state index in [0.29, 0.717) is 12.8 Å². The number of aromatic nitrogens is 1. The Labute approximate surface area is 206 Å². The number of para-hydroxylation sites is 1. The first-order chi connectivity index (χ1) is 17.1. The first-order valence-electron chi connectivity index (χ1n) is 11.5. The molecular weight excluding hydrogens is 472 g/mol. The van der Waals surface area contributed by atoms with Gasteiger partial charge in [0.25, 0.3) is 0 Å². The van der Waals surface area contributed by atoms with Gasteiger partial charge in [-0.15, -0.1) is 0 Å². The zero-order chi connectivity index (χ0) is 26.4. The molecule has 1 aliphatic rings. The fourth-order valence-corrected chi connectivity index (χ4v) is 4.28. The Balaban J connectivity index is 1.68. The molecule has 9 N–H and O–H groups in total. The third kappa shape index (κ3) is 6.17. The van der Waals surface area contributed by atoms with Gasteiger partial charge in [0.1, 0.15) is 18.1 Å². The molecule has 13 heteroatoms. The smallest absolute Gasteiger partial charge is 0.328 e. The number of likely N-dealkylation sites (tertiary alicyclic amines) is 1. The summed E-state index contributed by atoms with van der Waals surface area (Å²) >= 11 is 0. The lowest BCUT2D eigenvalue weighted by Crippen LogP contribution is -2.57. The number of H-pyrrole nitrogens is 1. The number of amides is 4. The van der Waals surface area contributed by atoms with Crippen LogP contribution in [0.25, 0.3) is 10.9 Å². The summed E-state index contributed by atoms with van der Waals surface area (Å²) in [5, 5.41) is 23.5. The van der Waals surface area contributed by atoms with Gasteiger partial charge in [-0.25, -0.2) is 4.79 Å². The summed E-state index contributed by atoms with van der Waals surface area (Å²) in [6, 6.07) is 2.64. The van der Waals surface area contributed by atoms with Crippen LogP contribution in [0, 0.1) is 0 Å². The monoisotopic (exact) mass is 502 g/mol. The molecule has 0 saturated carbocycles. The number of fused-ring (bicyclic) bond motifs is 1. The zero-order valence-electron chi connectivity index (χ0n) is 19.5. The number of rotatable bonds is 11. The second-order valence-electron chi connectivity index (χ2n) is 8.67. The topological polar surface area (TPSA) is 221 Å². The normalized spacial score (nSPS) is 17.8. The van der Waals surface area contributed by atoms with Gasteiger partial charge >= 0.3 is 5.97 Å². The molecule has 0 bridgehead atoms. The third-order valence-corrected chi connectivity index (χ3v) is 6.11. The van der Waals surface area contributed by atoms with Gasteiger partial charge in [-0.1, -0.05) is 18.2 Å². The molecule has 0 radical (unpaired) electrons. The number of aromatic amines is 1. The van der Waals surface area contributed by atoms with Gasteiger partial charge < -0.3 is 42.2 Å². The van der Waals surface area contributed by atoms with Gasteiger partial charge in [0, 0.05) is 23.6 Å². The Hall–Kier alpha value is -3.97. The highest BCUT2D eigenvalue weighted by molar-refractivity contribution is 5.96. The van der Waals surface area contributed by atoms with E-state index in [1.165, 1.54) is 4.90 Å². The van der Waals surface area contributed by atoms with E-state index in [-0.39, 0.29) is 13.0 Å². The number of nitrogens with zero attached hydrogens (tertiary/aromatic N) is 1. The lowest BCUT2D eigenvalue weighted by atomic mass is 10.0. The van der Waals surface area contributed by atoms with Crippen molar-refractivity contribution < 1.29 is 34.2 Å². The number of benzene rings is 1. The van der Waals surface area contributed by atoms with Gasteiger partial charge in [-0.2, -0.15) is 0 Å². The summed E-state index contributed by atoms with van der Waals surface area (Å²) in [6.45, 7) is -0.603. The Morgan fingerprint density at radius 1 is 1.14 bits per heavy atom. The van der Waals surface area contributed by atoms with E-state index >= 15 is 0 Å². The number of carboxylic acid groups (broad SMARTS) is 1. The molecule has 2 heterocycles. The van der Waals surface area contributed by atoms with Crippen molar-refractivity contribution in [2.75, 3.05) is 13.2 Å². The van der Waals surface area contributed by atoms with Crippen molar-refractivity contribution in [2.45, 2.75) is 49.9 Å². The molecule has 2 aromatic rings. The van der Waals surface area contributed by atoms with Gasteiger partial charge in [0.2, 0.25) is 23.6 Å². The van der Waals surface area contributed by atoms with Crippen molar-refractivity contribution in [1.82, 2.24) is 20.5 Å². The van der Waals surface area contributed by atoms with Crippen LogP contribution in [0.2, 0.25) is 0 Å². The summed E-state index contributed by atoms with van der Waals surface area (Å²) < 4.78 is 0. The highest BCUT2D eigenvalue weighted by Crippen LogP contribution is 2.22. The molecular formula is C23H30N6O7. The fraction of sp³-hybridized carbons (Fsp3) is 0.435. The van der Waals surface area contributed by atoms with Crippen molar-refractivity contribution in [3.05, 3.63) is 36.0 Å². The highest BCUT2D eigenvalue weighted by atomic mass is 16.4. The molecule has 1 aromatic carbocycles. The number of hydrogen-bond donors (Lipinski definition) is 7. The predicted molar refractivity (Wildman–Crippen MR) is 127 cm³/mol. The van der Waals surface area contributed by atoms with Crippen LogP contribution in [-0.4, -0.2) is 87.0 Å². The molecule has 3 rings (SSSR count). The van der Waals surface area contributed by atoms with E-state index in [9.17, 15) is 24.0 Å². The second-order valence-corrected chi connectivity index (χ2v) is 8.67. The van der Waals surface area contributed by atoms with Crippen molar-refractivity contribution in [1.29, 1.82) is 0 Å². The fourth-order valence-electron chi connectivity index (χ4n) is 4.28. The van der Waals surface area contributed by atoms with E-state index < -0.39 is 66.8 Å². The van der Waals surface area contributed by atoms with Crippen LogP contribution in [0.5, 0.6) is 0 Å². The second kappa shape index (κ2) is 11.6. The maximum absolute atomic E-state index is 13.1. The van der Waals surface area contributed by atoms with Crippen molar-refractivity contribution in [3.63, 3.8) is 0 Å².